The minimum absolute atomic E-state index is 0.558. The van der Waals surface area contributed by atoms with Gasteiger partial charge in [0.05, 0.1) is 0 Å². The van der Waals surface area contributed by atoms with Crippen molar-refractivity contribution in [3.05, 3.63) is 103 Å². The highest BCUT2D eigenvalue weighted by molar-refractivity contribution is 6.66. The van der Waals surface area contributed by atoms with Gasteiger partial charge in [-0.1, -0.05) is 103 Å². The van der Waals surface area contributed by atoms with Crippen LogP contribution in [0.3, 0.4) is 0 Å². The average Bonchev–Trinajstić information content (AvgIpc) is 2.85. The minimum atomic E-state index is -1.55. The lowest BCUT2D eigenvalue weighted by Gasteiger charge is -2.19. The van der Waals surface area contributed by atoms with Gasteiger partial charge in [-0.25, -0.2) is 0 Å². The molecule has 0 saturated heterocycles. The Labute approximate surface area is 190 Å². The third kappa shape index (κ3) is 2.52. The van der Waals surface area contributed by atoms with E-state index in [0.717, 1.165) is 32.7 Å². The van der Waals surface area contributed by atoms with E-state index in [4.69, 9.17) is 0 Å². The molecule has 0 aliphatic carbocycles. The molecule has 0 amide bonds. The molecule has 2 nitrogen and oxygen atoms in total. The molecule has 3 heteroatoms. The number of hydrogen-bond donors (Lipinski definition) is 2. The summed E-state index contributed by atoms with van der Waals surface area (Å²) in [5.41, 5.74) is 2.85. The molecular weight excluding hydrogens is 403 g/mol. The zero-order valence-electron chi connectivity index (χ0n) is 17.8. The molecule has 0 fully saturated rings. The summed E-state index contributed by atoms with van der Waals surface area (Å²) in [5, 5.41) is 31.9. The maximum atomic E-state index is 10.3. The highest BCUT2D eigenvalue weighted by Crippen LogP contribution is 2.43. The van der Waals surface area contributed by atoms with Crippen molar-refractivity contribution in [3.63, 3.8) is 0 Å². The zero-order chi connectivity index (χ0) is 22.1. The lowest BCUT2D eigenvalue weighted by atomic mass is 9.72. The second kappa shape index (κ2) is 6.79. The Morgan fingerprint density at radius 3 is 1.55 bits per heavy atom. The van der Waals surface area contributed by atoms with Gasteiger partial charge in [0.1, 0.15) is 0 Å². The molecule has 0 aliphatic heterocycles. The summed E-state index contributed by atoms with van der Waals surface area (Å²) in [6, 6.07) is 35.8. The Balaban J connectivity index is 1.73. The van der Waals surface area contributed by atoms with Crippen molar-refractivity contribution in [3.8, 4) is 11.1 Å². The Bertz CT molecular complexity index is 1780. The summed E-state index contributed by atoms with van der Waals surface area (Å²) in [7, 11) is -1.55. The third-order valence-electron chi connectivity index (χ3n) is 7.03. The highest BCUT2D eigenvalue weighted by atomic mass is 16.4. The van der Waals surface area contributed by atoms with Gasteiger partial charge >= 0.3 is 7.12 Å². The number of fused-ring (bicyclic) bond motifs is 2. The molecule has 0 spiro atoms. The molecule has 0 heterocycles. The fourth-order valence-electron chi connectivity index (χ4n) is 5.68. The number of benzene rings is 7. The molecule has 7 aromatic rings. The van der Waals surface area contributed by atoms with Crippen LogP contribution in [0.25, 0.3) is 65.0 Å². The summed E-state index contributed by atoms with van der Waals surface area (Å²) in [5.74, 6) is 0. The maximum absolute atomic E-state index is 10.3. The van der Waals surface area contributed by atoms with E-state index in [1.807, 2.05) is 36.4 Å². The van der Waals surface area contributed by atoms with Crippen LogP contribution in [0.5, 0.6) is 0 Å². The van der Waals surface area contributed by atoms with Crippen LogP contribution in [-0.4, -0.2) is 17.2 Å². The van der Waals surface area contributed by atoms with Gasteiger partial charge in [0.25, 0.3) is 0 Å². The van der Waals surface area contributed by atoms with Crippen molar-refractivity contribution >= 4 is 66.4 Å². The molecule has 33 heavy (non-hydrogen) atoms. The molecule has 0 bridgehead atoms. The summed E-state index contributed by atoms with van der Waals surface area (Å²) in [6.45, 7) is 0. The van der Waals surface area contributed by atoms with Crippen molar-refractivity contribution in [2.24, 2.45) is 0 Å². The van der Waals surface area contributed by atoms with Gasteiger partial charge in [0.2, 0.25) is 0 Å². The molecule has 0 saturated carbocycles. The first kappa shape index (κ1) is 18.6. The number of rotatable bonds is 2. The molecule has 7 rings (SSSR count). The zero-order valence-corrected chi connectivity index (χ0v) is 17.8. The number of hydrogen-bond acceptors (Lipinski definition) is 2. The van der Waals surface area contributed by atoms with E-state index in [0.29, 0.717) is 5.46 Å². The van der Waals surface area contributed by atoms with Gasteiger partial charge in [-0.2, -0.15) is 0 Å². The first-order chi connectivity index (χ1) is 16.2. The third-order valence-corrected chi connectivity index (χ3v) is 7.03. The van der Waals surface area contributed by atoms with Crippen LogP contribution in [0.2, 0.25) is 0 Å². The topological polar surface area (TPSA) is 40.5 Å². The summed E-state index contributed by atoms with van der Waals surface area (Å²) in [6.07, 6.45) is 0. The molecule has 7 aromatic carbocycles. The van der Waals surface area contributed by atoms with Gasteiger partial charge in [-0.05, 0) is 70.5 Å². The van der Waals surface area contributed by atoms with Crippen LogP contribution < -0.4 is 5.46 Å². The van der Waals surface area contributed by atoms with E-state index >= 15 is 0 Å². The van der Waals surface area contributed by atoms with Gasteiger partial charge in [-0.3, -0.25) is 0 Å². The predicted octanol–water partition coefficient (Wildman–Crippen LogP) is 6.24. The lowest BCUT2D eigenvalue weighted by Crippen LogP contribution is -2.31. The van der Waals surface area contributed by atoms with E-state index in [9.17, 15) is 10.0 Å². The lowest BCUT2D eigenvalue weighted by molar-refractivity contribution is 0.426. The largest absolute Gasteiger partial charge is 0.489 e. The van der Waals surface area contributed by atoms with Crippen LogP contribution in [0.4, 0.5) is 0 Å². The molecule has 154 valence electrons. The maximum Gasteiger partial charge on any atom is 0.489 e. The van der Waals surface area contributed by atoms with Gasteiger partial charge < -0.3 is 10.0 Å². The van der Waals surface area contributed by atoms with Gasteiger partial charge in [0, 0.05) is 0 Å². The smallest absolute Gasteiger partial charge is 0.423 e. The Morgan fingerprint density at radius 2 is 0.939 bits per heavy atom. The van der Waals surface area contributed by atoms with Gasteiger partial charge in [-0.15, -0.1) is 0 Å². The summed E-state index contributed by atoms with van der Waals surface area (Å²) >= 11 is 0. The van der Waals surface area contributed by atoms with Crippen molar-refractivity contribution < 1.29 is 10.0 Å². The molecule has 0 aliphatic rings. The van der Waals surface area contributed by atoms with Crippen LogP contribution in [0.1, 0.15) is 0 Å². The SMILES string of the molecule is OB(O)c1c2ccccc2c(-c2ccc3ccc4cccc5ccc2c3c45)c2ccccc12. The van der Waals surface area contributed by atoms with Crippen molar-refractivity contribution in [2.45, 2.75) is 0 Å². The highest BCUT2D eigenvalue weighted by Gasteiger charge is 2.23. The molecule has 0 atom stereocenters. The molecule has 0 radical (unpaired) electrons. The van der Waals surface area contributed by atoms with E-state index in [-0.39, 0.29) is 0 Å². The minimum Gasteiger partial charge on any atom is -0.423 e. The second-order valence-electron chi connectivity index (χ2n) is 8.72. The van der Waals surface area contributed by atoms with E-state index in [1.54, 1.807) is 0 Å². The fourth-order valence-corrected chi connectivity index (χ4v) is 5.68. The van der Waals surface area contributed by atoms with Crippen LogP contribution in [-0.2, 0) is 0 Å². The van der Waals surface area contributed by atoms with Crippen molar-refractivity contribution in [1.29, 1.82) is 0 Å². The molecule has 0 unspecified atom stereocenters. The Morgan fingerprint density at radius 1 is 0.424 bits per heavy atom. The Kier molecular flexibility index (Phi) is 3.83. The monoisotopic (exact) mass is 422 g/mol. The average molecular weight is 422 g/mol. The van der Waals surface area contributed by atoms with E-state index in [2.05, 4.69) is 66.7 Å². The standard InChI is InChI=1S/C30H19BO2/c32-31(33)30-25-10-3-1-8-21(25)29(22-9-2-4-11-26(22)30)24-17-15-20-13-12-18-6-5-7-19-14-16-23(24)28(20)27(18)19/h1-17,32-33H. The first-order valence-electron chi connectivity index (χ1n) is 11.2. The van der Waals surface area contributed by atoms with Crippen LogP contribution in [0.15, 0.2) is 103 Å². The molecule has 2 N–H and O–H groups in total. The second-order valence-corrected chi connectivity index (χ2v) is 8.72. The summed E-state index contributed by atoms with van der Waals surface area (Å²) in [4.78, 5) is 0. The first-order valence-corrected chi connectivity index (χ1v) is 11.2. The Hall–Kier alpha value is -3.92. The quantitative estimate of drug-likeness (QED) is 0.197. The van der Waals surface area contributed by atoms with E-state index in [1.165, 1.54) is 32.3 Å². The summed E-state index contributed by atoms with van der Waals surface area (Å²) < 4.78 is 0. The molecular formula is C30H19BO2. The fraction of sp³-hybridized carbons (Fsp3) is 0. The van der Waals surface area contributed by atoms with Crippen LogP contribution >= 0.6 is 0 Å². The van der Waals surface area contributed by atoms with E-state index < -0.39 is 7.12 Å². The van der Waals surface area contributed by atoms with Crippen molar-refractivity contribution in [1.82, 2.24) is 0 Å². The predicted molar refractivity (Wildman–Crippen MR) is 140 cm³/mol. The van der Waals surface area contributed by atoms with Gasteiger partial charge in [0.15, 0.2) is 0 Å². The molecule has 0 aromatic heterocycles. The van der Waals surface area contributed by atoms with Crippen molar-refractivity contribution in [2.75, 3.05) is 0 Å². The normalized spacial score (nSPS) is 11.9. The van der Waals surface area contributed by atoms with Crippen LogP contribution in [0, 0.1) is 0 Å².